The van der Waals surface area contributed by atoms with Crippen molar-refractivity contribution in [2.45, 2.75) is 6.54 Å². The van der Waals surface area contributed by atoms with E-state index in [4.69, 9.17) is 5.73 Å². The van der Waals surface area contributed by atoms with Crippen LogP contribution >= 0.6 is 11.3 Å². The molecule has 1 saturated heterocycles. The third kappa shape index (κ3) is 2.99. The standard InChI is InChI=1S/C12H16N6S/c13-11-16-8-10(19-11)9-17-4-6-18(7-5-17)12-14-2-1-3-15-12/h1-3,8H,4-7,9H2,(H2,13,16). The van der Waals surface area contributed by atoms with Crippen LogP contribution in [0.1, 0.15) is 4.88 Å². The van der Waals surface area contributed by atoms with Gasteiger partial charge in [0.1, 0.15) is 0 Å². The highest BCUT2D eigenvalue weighted by atomic mass is 32.1. The van der Waals surface area contributed by atoms with Crippen LogP contribution in [-0.4, -0.2) is 46.0 Å². The Kier molecular flexibility index (Phi) is 3.56. The first-order valence-corrected chi connectivity index (χ1v) is 7.07. The molecule has 1 fully saturated rings. The van der Waals surface area contributed by atoms with Crippen LogP contribution in [0.2, 0.25) is 0 Å². The molecule has 19 heavy (non-hydrogen) atoms. The minimum absolute atomic E-state index is 0.645. The molecule has 0 atom stereocenters. The molecule has 7 heteroatoms. The van der Waals surface area contributed by atoms with Gasteiger partial charge in [-0.2, -0.15) is 0 Å². The molecular weight excluding hydrogens is 260 g/mol. The van der Waals surface area contributed by atoms with Crippen LogP contribution in [0.15, 0.2) is 24.7 Å². The Hall–Kier alpha value is -1.73. The zero-order valence-electron chi connectivity index (χ0n) is 10.6. The van der Waals surface area contributed by atoms with Gasteiger partial charge >= 0.3 is 0 Å². The summed E-state index contributed by atoms with van der Waals surface area (Å²) in [4.78, 5) is 18.5. The normalized spacial score (nSPS) is 16.7. The summed E-state index contributed by atoms with van der Waals surface area (Å²) in [6, 6.07) is 1.84. The van der Waals surface area contributed by atoms with Crippen molar-refractivity contribution in [3.63, 3.8) is 0 Å². The molecule has 0 aliphatic carbocycles. The summed E-state index contributed by atoms with van der Waals surface area (Å²) in [5.41, 5.74) is 5.65. The second-order valence-electron chi connectivity index (χ2n) is 4.48. The predicted octanol–water partition coefficient (Wildman–Crippen LogP) is 0.837. The number of thiazole rings is 1. The lowest BCUT2D eigenvalue weighted by atomic mass is 10.3. The fourth-order valence-corrected chi connectivity index (χ4v) is 2.90. The van der Waals surface area contributed by atoms with Crippen molar-refractivity contribution in [2.75, 3.05) is 36.8 Å². The Labute approximate surface area is 115 Å². The molecule has 0 radical (unpaired) electrons. The van der Waals surface area contributed by atoms with Crippen LogP contribution in [0, 0.1) is 0 Å². The molecule has 6 nitrogen and oxygen atoms in total. The molecular formula is C12H16N6S. The van der Waals surface area contributed by atoms with E-state index in [0.29, 0.717) is 5.13 Å². The van der Waals surface area contributed by atoms with Gasteiger partial charge in [-0.05, 0) is 6.07 Å². The van der Waals surface area contributed by atoms with Crippen molar-refractivity contribution in [3.8, 4) is 0 Å². The Morgan fingerprint density at radius 2 is 1.84 bits per heavy atom. The molecule has 0 unspecified atom stereocenters. The highest BCUT2D eigenvalue weighted by molar-refractivity contribution is 7.15. The first kappa shape index (κ1) is 12.3. The van der Waals surface area contributed by atoms with E-state index in [-0.39, 0.29) is 0 Å². The lowest BCUT2D eigenvalue weighted by molar-refractivity contribution is 0.250. The van der Waals surface area contributed by atoms with Gasteiger partial charge in [0.2, 0.25) is 5.95 Å². The molecule has 0 spiro atoms. The van der Waals surface area contributed by atoms with Gasteiger partial charge in [-0.15, -0.1) is 11.3 Å². The van der Waals surface area contributed by atoms with E-state index in [2.05, 4.69) is 24.8 Å². The first-order chi connectivity index (χ1) is 9.31. The van der Waals surface area contributed by atoms with Gasteiger partial charge in [0.05, 0.1) is 0 Å². The minimum atomic E-state index is 0.645. The van der Waals surface area contributed by atoms with Gasteiger partial charge in [0.15, 0.2) is 5.13 Å². The highest BCUT2D eigenvalue weighted by Gasteiger charge is 2.19. The molecule has 2 aromatic rings. The summed E-state index contributed by atoms with van der Waals surface area (Å²) >= 11 is 1.57. The minimum Gasteiger partial charge on any atom is -0.375 e. The van der Waals surface area contributed by atoms with Crippen molar-refractivity contribution < 1.29 is 0 Å². The summed E-state index contributed by atoms with van der Waals surface area (Å²) < 4.78 is 0. The zero-order valence-corrected chi connectivity index (χ0v) is 11.4. The van der Waals surface area contributed by atoms with Crippen LogP contribution in [0.4, 0.5) is 11.1 Å². The van der Waals surface area contributed by atoms with E-state index in [9.17, 15) is 0 Å². The van der Waals surface area contributed by atoms with E-state index in [1.807, 2.05) is 12.3 Å². The van der Waals surface area contributed by atoms with Crippen LogP contribution in [0.25, 0.3) is 0 Å². The van der Waals surface area contributed by atoms with Gasteiger partial charge in [-0.3, -0.25) is 4.90 Å². The van der Waals surface area contributed by atoms with Crippen molar-refractivity contribution in [1.29, 1.82) is 0 Å². The van der Waals surface area contributed by atoms with Gasteiger partial charge in [-0.25, -0.2) is 15.0 Å². The van der Waals surface area contributed by atoms with Crippen molar-refractivity contribution in [1.82, 2.24) is 19.9 Å². The average molecular weight is 276 g/mol. The highest BCUT2D eigenvalue weighted by Crippen LogP contribution is 2.18. The summed E-state index contributed by atoms with van der Waals surface area (Å²) in [7, 11) is 0. The topological polar surface area (TPSA) is 71.2 Å². The summed E-state index contributed by atoms with van der Waals surface area (Å²) in [6.07, 6.45) is 5.44. The zero-order chi connectivity index (χ0) is 13.1. The molecule has 2 N–H and O–H groups in total. The Morgan fingerprint density at radius 1 is 1.11 bits per heavy atom. The second kappa shape index (κ2) is 5.50. The fraction of sp³-hybridized carbons (Fsp3) is 0.417. The lowest BCUT2D eigenvalue weighted by Gasteiger charge is -2.34. The molecule has 0 bridgehead atoms. The van der Waals surface area contributed by atoms with Crippen molar-refractivity contribution >= 4 is 22.4 Å². The number of anilines is 2. The predicted molar refractivity (Wildman–Crippen MR) is 76.0 cm³/mol. The van der Waals surface area contributed by atoms with E-state index in [1.165, 1.54) is 4.88 Å². The van der Waals surface area contributed by atoms with Crippen LogP contribution in [-0.2, 0) is 6.54 Å². The Bertz CT molecular complexity index is 520. The smallest absolute Gasteiger partial charge is 0.225 e. The number of nitrogens with two attached hydrogens (primary N) is 1. The number of nitrogens with zero attached hydrogens (tertiary/aromatic N) is 5. The molecule has 0 aromatic carbocycles. The third-order valence-corrected chi connectivity index (χ3v) is 3.97. The molecule has 0 saturated carbocycles. The largest absolute Gasteiger partial charge is 0.375 e. The number of hydrogen-bond donors (Lipinski definition) is 1. The molecule has 1 aliphatic rings. The van der Waals surface area contributed by atoms with Crippen LogP contribution in [0.3, 0.4) is 0 Å². The maximum atomic E-state index is 5.65. The van der Waals surface area contributed by atoms with Crippen LogP contribution in [0.5, 0.6) is 0 Å². The molecule has 3 heterocycles. The molecule has 2 aromatic heterocycles. The maximum absolute atomic E-state index is 5.65. The van der Waals surface area contributed by atoms with Crippen molar-refractivity contribution in [3.05, 3.63) is 29.5 Å². The quantitative estimate of drug-likeness (QED) is 0.895. The summed E-state index contributed by atoms with van der Waals surface area (Å²) in [5.74, 6) is 0.823. The van der Waals surface area contributed by atoms with Gasteiger partial charge in [0, 0.05) is 56.2 Å². The Morgan fingerprint density at radius 3 is 2.47 bits per heavy atom. The molecule has 3 rings (SSSR count). The molecule has 1 aliphatic heterocycles. The summed E-state index contributed by atoms with van der Waals surface area (Å²) in [5, 5.41) is 0.645. The van der Waals surface area contributed by atoms with Crippen LogP contribution < -0.4 is 10.6 Å². The third-order valence-electron chi connectivity index (χ3n) is 3.16. The van der Waals surface area contributed by atoms with E-state index in [0.717, 1.165) is 38.7 Å². The monoisotopic (exact) mass is 276 g/mol. The number of aromatic nitrogens is 3. The van der Waals surface area contributed by atoms with Gasteiger partial charge < -0.3 is 10.6 Å². The first-order valence-electron chi connectivity index (χ1n) is 6.26. The number of piperazine rings is 1. The van der Waals surface area contributed by atoms with E-state index in [1.54, 1.807) is 23.7 Å². The van der Waals surface area contributed by atoms with E-state index < -0.39 is 0 Å². The summed E-state index contributed by atoms with van der Waals surface area (Å²) in [6.45, 7) is 4.86. The lowest BCUT2D eigenvalue weighted by Crippen LogP contribution is -2.46. The molecule has 100 valence electrons. The number of nitrogen functional groups attached to an aromatic ring is 1. The number of rotatable bonds is 3. The number of hydrogen-bond acceptors (Lipinski definition) is 7. The average Bonchev–Trinajstić information content (AvgIpc) is 2.86. The fourth-order valence-electron chi connectivity index (χ4n) is 2.18. The van der Waals surface area contributed by atoms with Gasteiger partial charge in [0.25, 0.3) is 0 Å². The van der Waals surface area contributed by atoms with Gasteiger partial charge in [-0.1, -0.05) is 0 Å². The molecule has 0 amide bonds. The maximum Gasteiger partial charge on any atom is 0.225 e. The van der Waals surface area contributed by atoms with Crippen molar-refractivity contribution in [2.24, 2.45) is 0 Å². The second-order valence-corrected chi connectivity index (χ2v) is 5.62. The Balaban J connectivity index is 1.55. The SMILES string of the molecule is Nc1ncc(CN2CCN(c3ncccn3)CC2)s1. The van der Waals surface area contributed by atoms with E-state index >= 15 is 0 Å².